The van der Waals surface area contributed by atoms with Crippen molar-refractivity contribution >= 4 is 11.6 Å². The van der Waals surface area contributed by atoms with E-state index in [0.717, 1.165) is 36.4 Å². The lowest BCUT2D eigenvalue weighted by Crippen LogP contribution is -2.31. The van der Waals surface area contributed by atoms with E-state index in [2.05, 4.69) is 25.6 Å². The van der Waals surface area contributed by atoms with Gasteiger partial charge >= 0.3 is 6.18 Å². The molecule has 7 nitrogen and oxygen atoms in total. The number of hydrogen-bond acceptors (Lipinski definition) is 6. The Labute approximate surface area is 158 Å². The minimum absolute atomic E-state index is 0.128. The molecule has 1 aromatic carbocycles. The fraction of sp³-hybridized carbons (Fsp3) is 0.333. The minimum Gasteiger partial charge on any atom is -0.376 e. The fourth-order valence-electron chi connectivity index (χ4n) is 2.87. The van der Waals surface area contributed by atoms with Crippen LogP contribution in [0.3, 0.4) is 0 Å². The lowest BCUT2D eigenvalue weighted by atomic mass is 10.1. The Bertz CT molecular complexity index is 983. The molecule has 0 saturated carbocycles. The molecule has 1 aliphatic rings. The Balaban J connectivity index is 1.56. The zero-order valence-corrected chi connectivity index (χ0v) is 14.9. The number of alkyl halides is 3. The predicted octanol–water partition coefficient (Wildman–Crippen LogP) is 3.59. The first kappa shape index (κ1) is 18.4. The molecule has 2 aromatic heterocycles. The molecule has 0 bridgehead atoms. The van der Waals surface area contributed by atoms with Crippen molar-refractivity contribution in [3.63, 3.8) is 0 Å². The number of benzene rings is 1. The summed E-state index contributed by atoms with van der Waals surface area (Å²) in [5.74, 6) is -0.128. The van der Waals surface area contributed by atoms with Crippen LogP contribution >= 0.6 is 0 Å². The van der Waals surface area contributed by atoms with E-state index in [1.165, 1.54) is 0 Å². The van der Waals surface area contributed by atoms with Gasteiger partial charge in [0, 0.05) is 24.1 Å². The van der Waals surface area contributed by atoms with Crippen molar-refractivity contribution in [2.75, 3.05) is 11.9 Å². The summed E-state index contributed by atoms with van der Waals surface area (Å²) in [5.41, 5.74) is 1.92. The van der Waals surface area contributed by atoms with E-state index in [-0.39, 0.29) is 12.1 Å². The van der Waals surface area contributed by atoms with Crippen molar-refractivity contribution in [2.45, 2.75) is 32.2 Å². The number of ether oxygens (including phenoxy) is 1. The second-order valence-electron chi connectivity index (χ2n) is 6.58. The van der Waals surface area contributed by atoms with Crippen LogP contribution in [0.1, 0.15) is 17.7 Å². The van der Waals surface area contributed by atoms with Crippen molar-refractivity contribution in [3.8, 4) is 11.3 Å². The third kappa shape index (κ3) is 4.11. The molecule has 10 heteroatoms. The van der Waals surface area contributed by atoms with Gasteiger partial charge in [0.2, 0.25) is 5.95 Å². The number of aryl methyl sites for hydroxylation is 1. The van der Waals surface area contributed by atoms with Crippen LogP contribution in [0.25, 0.3) is 11.3 Å². The first-order valence-corrected chi connectivity index (χ1v) is 8.68. The van der Waals surface area contributed by atoms with Gasteiger partial charge in [-0.2, -0.15) is 13.2 Å². The summed E-state index contributed by atoms with van der Waals surface area (Å²) in [4.78, 5) is 7.40. The minimum atomic E-state index is -4.53. The summed E-state index contributed by atoms with van der Waals surface area (Å²) in [6, 6.07) is 6.31. The topological polar surface area (TPSA) is 77.8 Å². The molecule has 146 valence electrons. The van der Waals surface area contributed by atoms with Crippen molar-refractivity contribution in [1.82, 2.24) is 25.0 Å². The normalized spacial score (nSPS) is 16.6. The molecule has 1 saturated heterocycles. The Morgan fingerprint density at radius 1 is 1.29 bits per heavy atom. The van der Waals surface area contributed by atoms with Crippen molar-refractivity contribution in [2.24, 2.45) is 0 Å². The summed E-state index contributed by atoms with van der Waals surface area (Å²) in [6.45, 7) is 3.30. The van der Waals surface area contributed by atoms with Gasteiger partial charge in [-0.25, -0.2) is 14.6 Å². The van der Waals surface area contributed by atoms with Gasteiger partial charge in [-0.15, -0.1) is 5.10 Å². The Morgan fingerprint density at radius 3 is 2.82 bits per heavy atom. The van der Waals surface area contributed by atoms with Crippen LogP contribution in [0, 0.1) is 6.92 Å². The largest absolute Gasteiger partial charge is 0.433 e. The Morgan fingerprint density at radius 2 is 2.11 bits per heavy atom. The first-order valence-electron chi connectivity index (χ1n) is 8.68. The van der Waals surface area contributed by atoms with Crippen molar-refractivity contribution < 1.29 is 17.9 Å². The van der Waals surface area contributed by atoms with Gasteiger partial charge < -0.3 is 10.1 Å². The number of aromatic nitrogens is 5. The van der Waals surface area contributed by atoms with E-state index < -0.39 is 11.9 Å². The zero-order chi connectivity index (χ0) is 19.7. The van der Waals surface area contributed by atoms with Gasteiger partial charge in [-0.3, -0.25) is 0 Å². The van der Waals surface area contributed by atoms with E-state index in [9.17, 15) is 13.2 Å². The van der Waals surface area contributed by atoms with Crippen LogP contribution in [0.2, 0.25) is 0 Å². The third-order valence-electron chi connectivity index (χ3n) is 4.30. The number of hydrogen-bond donors (Lipinski definition) is 1. The number of rotatable bonds is 5. The Kier molecular flexibility index (Phi) is 4.71. The highest BCUT2D eigenvalue weighted by atomic mass is 19.4. The fourth-order valence-corrected chi connectivity index (χ4v) is 2.87. The van der Waals surface area contributed by atoms with Crippen molar-refractivity contribution in [1.29, 1.82) is 0 Å². The number of halogens is 3. The molecule has 1 N–H and O–H groups in total. The highest BCUT2D eigenvalue weighted by Crippen LogP contribution is 2.29. The van der Waals surface area contributed by atoms with Crippen LogP contribution in [-0.4, -0.2) is 37.7 Å². The molecule has 3 aromatic rings. The quantitative estimate of drug-likeness (QED) is 0.717. The van der Waals surface area contributed by atoms with Gasteiger partial charge in [0.05, 0.1) is 18.8 Å². The SMILES string of the molecule is Cc1cc(Nc2nccc(C(F)(F)F)n2)cc(-c2cn(CC3CCO3)nn2)c1. The molecule has 4 rings (SSSR count). The standard InChI is InChI=1S/C18H17F3N6O/c1-11-6-12(15-10-27(26-25-15)9-14-3-5-28-14)8-13(7-11)23-17-22-4-2-16(24-17)18(19,20)21/h2,4,6-8,10,14H,3,5,9H2,1H3,(H,22,23,24). The molecular formula is C18H17F3N6O. The zero-order valence-electron chi connectivity index (χ0n) is 14.9. The summed E-state index contributed by atoms with van der Waals surface area (Å²) in [7, 11) is 0. The summed E-state index contributed by atoms with van der Waals surface area (Å²) >= 11 is 0. The van der Waals surface area contributed by atoms with Crippen LogP contribution in [0.15, 0.2) is 36.7 Å². The number of nitrogens with zero attached hydrogens (tertiary/aromatic N) is 5. The molecule has 1 atom stereocenters. The Hall–Kier alpha value is -3.01. The summed E-state index contributed by atoms with van der Waals surface area (Å²) < 4.78 is 45.6. The maximum atomic E-state index is 12.8. The van der Waals surface area contributed by atoms with Crippen LogP contribution in [0.4, 0.5) is 24.8 Å². The van der Waals surface area contributed by atoms with E-state index in [4.69, 9.17) is 4.74 Å². The molecular weight excluding hydrogens is 373 g/mol. The molecule has 0 aliphatic carbocycles. The average Bonchev–Trinajstić information content (AvgIpc) is 3.06. The second kappa shape index (κ2) is 7.19. The molecule has 1 unspecified atom stereocenters. The van der Waals surface area contributed by atoms with Crippen LogP contribution in [-0.2, 0) is 17.5 Å². The molecule has 1 aliphatic heterocycles. The van der Waals surface area contributed by atoms with Gasteiger partial charge in [0.1, 0.15) is 11.4 Å². The van der Waals surface area contributed by atoms with E-state index in [1.54, 1.807) is 16.8 Å². The number of nitrogens with one attached hydrogen (secondary N) is 1. The van der Waals surface area contributed by atoms with Crippen LogP contribution < -0.4 is 5.32 Å². The monoisotopic (exact) mass is 390 g/mol. The highest BCUT2D eigenvalue weighted by molar-refractivity contribution is 5.68. The summed E-state index contributed by atoms with van der Waals surface area (Å²) in [6.07, 6.45) is -0.462. The van der Waals surface area contributed by atoms with Crippen LogP contribution in [0.5, 0.6) is 0 Å². The number of anilines is 2. The maximum absolute atomic E-state index is 12.8. The molecule has 1 fully saturated rings. The molecule has 0 spiro atoms. The van der Waals surface area contributed by atoms with E-state index in [0.29, 0.717) is 17.9 Å². The summed E-state index contributed by atoms with van der Waals surface area (Å²) in [5, 5.41) is 11.1. The van der Waals surface area contributed by atoms with Gasteiger partial charge in [-0.05, 0) is 43.2 Å². The highest BCUT2D eigenvalue weighted by Gasteiger charge is 2.32. The van der Waals surface area contributed by atoms with E-state index >= 15 is 0 Å². The molecule has 28 heavy (non-hydrogen) atoms. The smallest absolute Gasteiger partial charge is 0.376 e. The second-order valence-corrected chi connectivity index (χ2v) is 6.58. The van der Waals surface area contributed by atoms with Gasteiger partial charge in [0.15, 0.2) is 0 Å². The van der Waals surface area contributed by atoms with E-state index in [1.807, 2.05) is 19.2 Å². The first-order chi connectivity index (χ1) is 13.4. The third-order valence-corrected chi connectivity index (χ3v) is 4.30. The lowest BCUT2D eigenvalue weighted by Gasteiger charge is -2.25. The lowest BCUT2D eigenvalue weighted by molar-refractivity contribution is -0.141. The average molecular weight is 390 g/mol. The van der Waals surface area contributed by atoms with Gasteiger partial charge in [0.25, 0.3) is 0 Å². The van der Waals surface area contributed by atoms with Gasteiger partial charge in [-0.1, -0.05) is 5.21 Å². The molecule has 3 heterocycles. The van der Waals surface area contributed by atoms with Crippen molar-refractivity contribution in [3.05, 3.63) is 47.9 Å². The molecule has 0 radical (unpaired) electrons. The molecule has 0 amide bonds. The predicted molar refractivity (Wildman–Crippen MR) is 94.9 cm³/mol. The maximum Gasteiger partial charge on any atom is 0.433 e.